The molecule has 0 spiro atoms. The predicted octanol–water partition coefficient (Wildman–Crippen LogP) is 2.29. The fraction of sp³-hybridized carbons (Fsp3) is 0.786. The van der Waals surface area contributed by atoms with Crippen LogP contribution in [0.15, 0.2) is 0 Å². The summed E-state index contributed by atoms with van der Waals surface area (Å²) in [7, 11) is 0. The van der Waals surface area contributed by atoms with Crippen molar-refractivity contribution in [3.8, 4) is 12.0 Å². The van der Waals surface area contributed by atoms with Crippen LogP contribution in [-0.4, -0.2) is 46.9 Å². The van der Waals surface area contributed by atoms with E-state index in [9.17, 15) is 0 Å². The van der Waals surface area contributed by atoms with Crippen LogP contribution in [0.4, 0.5) is 5.95 Å². The molecule has 1 N–H and O–H groups in total. The van der Waals surface area contributed by atoms with Crippen molar-refractivity contribution in [3.05, 3.63) is 0 Å². The van der Waals surface area contributed by atoms with E-state index < -0.39 is 0 Å². The van der Waals surface area contributed by atoms with Gasteiger partial charge in [-0.15, -0.1) is 4.98 Å². The Hall–Kier alpha value is -1.63. The topological polar surface area (TPSA) is 78.4 Å². The first kappa shape index (κ1) is 17.4. The van der Waals surface area contributed by atoms with Crippen molar-refractivity contribution in [2.24, 2.45) is 0 Å². The van der Waals surface area contributed by atoms with E-state index in [1.54, 1.807) is 0 Å². The number of ether oxygens (including phenoxy) is 3. The van der Waals surface area contributed by atoms with Gasteiger partial charge >= 0.3 is 12.0 Å². The van der Waals surface area contributed by atoms with E-state index in [1.807, 2.05) is 34.6 Å². The van der Waals surface area contributed by atoms with Gasteiger partial charge in [-0.3, -0.25) is 0 Å². The van der Waals surface area contributed by atoms with Gasteiger partial charge in [0.15, 0.2) is 0 Å². The Labute approximate surface area is 126 Å². The lowest BCUT2D eigenvalue weighted by Crippen LogP contribution is -2.23. The van der Waals surface area contributed by atoms with E-state index in [-0.39, 0.29) is 17.6 Å². The van der Waals surface area contributed by atoms with Gasteiger partial charge in [-0.1, -0.05) is 6.92 Å². The molecule has 1 aromatic heterocycles. The Morgan fingerprint density at radius 3 is 2.05 bits per heavy atom. The van der Waals surface area contributed by atoms with Crippen LogP contribution in [0.5, 0.6) is 12.0 Å². The first-order valence-corrected chi connectivity index (χ1v) is 7.34. The van der Waals surface area contributed by atoms with Crippen molar-refractivity contribution in [2.75, 3.05) is 31.7 Å². The van der Waals surface area contributed by atoms with Gasteiger partial charge in [0.2, 0.25) is 5.95 Å². The molecule has 0 bridgehead atoms. The average molecular weight is 298 g/mol. The highest BCUT2D eigenvalue weighted by atomic mass is 16.5. The molecule has 0 unspecified atom stereocenters. The molecule has 0 radical (unpaired) electrons. The van der Waals surface area contributed by atoms with Gasteiger partial charge in [0.1, 0.15) is 6.61 Å². The number of nitrogens with one attached hydrogen (secondary N) is 1. The van der Waals surface area contributed by atoms with Gasteiger partial charge < -0.3 is 19.5 Å². The molecule has 1 rings (SSSR count). The van der Waals surface area contributed by atoms with Gasteiger partial charge in [-0.2, -0.15) is 9.97 Å². The molecule has 21 heavy (non-hydrogen) atoms. The lowest BCUT2D eigenvalue weighted by molar-refractivity contribution is -0.0174. The summed E-state index contributed by atoms with van der Waals surface area (Å²) >= 11 is 0. The highest BCUT2D eigenvalue weighted by Gasteiger charge is 2.11. The minimum Gasteiger partial charge on any atom is -0.463 e. The molecule has 7 nitrogen and oxygen atoms in total. The van der Waals surface area contributed by atoms with Gasteiger partial charge in [-0.25, -0.2) is 0 Å². The van der Waals surface area contributed by atoms with Crippen LogP contribution in [0.2, 0.25) is 0 Å². The van der Waals surface area contributed by atoms with Crippen molar-refractivity contribution in [1.82, 2.24) is 15.0 Å². The molecule has 0 aliphatic carbocycles. The molecule has 1 heterocycles. The van der Waals surface area contributed by atoms with Gasteiger partial charge in [0.25, 0.3) is 0 Å². The lowest BCUT2D eigenvalue weighted by atomic mass is 10.2. The minimum absolute atomic E-state index is 0.188. The molecule has 1 aromatic rings. The maximum absolute atomic E-state index is 5.58. The van der Waals surface area contributed by atoms with Crippen molar-refractivity contribution in [1.29, 1.82) is 0 Å². The molecular formula is C14H26N4O3. The number of nitrogens with zero attached hydrogens (tertiary/aromatic N) is 3. The summed E-state index contributed by atoms with van der Waals surface area (Å²) in [6, 6.07) is 0.513. The van der Waals surface area contributed by atoms with Gasteiger partial charge in [0, 0.05) is 6.54 Å². The Kier molecular flexibility index (Phi) is 7.14. The van der Waals surface area contributed by atoms with E-state index in [2.05, 4.69) is 20.3 Å². The molecular weight excluding hydrogens is 272 g/mol. The van der Waals surface area contributed by atoms with Crippen LogP contribution < -0.4 is 14.8 Å². The molecule has 0 fully saturated rings. The Bertz CT molecular complexity index is 421. The smallest absolute Gasteiger partial charge is 0.324 e. The maximum atomic E-state index is 5.58. The van der Waals surface area contributed by atoms with E-state index in [0.29, 0.717) is 32.3 Å². The lowest BCUT2D eigenvalue weighted by Gasteiger charge is -2.19. The highest BCUT2D eigenvalue weighted by molar-refractivity contribution is 5.27. The molecule has 7 heteroatoms. The van der Waals surface area contributed by atoms with Crippen molar-refractivity contribution < 1.29 is 14.2 Å². The zero-order valence-electron chi connectivity index (χ0n) is 13.6. The number of hydrogen-bond acceptors (Lipinski definition) is 7. The van der Waals surface area contributed by atoms with E-state index in [0.717, 1.165) is 6.42 Å². The molecule has 0 aliphatic heterocycles. The number of aromatic nitrogens is 3. The third kappa shape index (κ3) is 7.65. The van der Waals surface area contributed by atoms with Crippen LogP contribution >= 0.6 is 0 Å². The fourth-order valence-electron chi connectivity index (χ4n) is 1.38. The molecule has 120 valence electrons. The predicted molar refractivity (Wildman–Crippen MR) is 81.0 cm³/mol. The summed E-state index contributed by atoms with van der Waals surface area (Å²) in [6.07, 6.45) is 0.887. The molecule has 0 saturated carbocycles. The van der Waals surface area contributed by atoms with Crippen molar-refractivity contribution in [3.63, 3.8) is 0 Å². The summed E-state index contributed by atoms with van der Waals surface area (Å²) in [5.41, 5.74) is -0.188. The molecule has 0 atom stereocenters. The van der Waals surface area contributed by atoms with Crippen LogP contribution in [0.3, 0.4) is 0 Å². The molecule has 0 aromatic carbocycles. The summed E-state index contributed by atoms with van der Waals surface area (Å²) in [6.45, 7) is 12.1. The van der Waals surface area contributed by atoms with Crippen LogP contribution in [0.25, 0.3) is 0 Å². The summed E-state index contributed by atoms with van der Waals surface area (Å²) in [5, 5.41) is 3.03. The number of rotatable bonds is 9. The van der Waals surface area contributed by atoms with E-state index in [1.165, 1.54) is 0 Å². The standard InChI is InChI=1S/C14H26N4O3/c1-6-8-19-12-16-11(15-7-2)17-13(18-12)20-9-10-21-14(3,4)5/h6-10H2,1-5H3,(H,15,16,17,18). The summed E-state index contributed by atoms with van der Waals surface area (Å²) in [4.78, 5) is 12.5. The van der Waals surface area contributed by atoms with Crippen LogP contribution in [0, 0.1) is 0 Å². The third-order valence-electron chi connectivity index (χ3n) is 2.21. The van der Waals surface area contributed by atoms with Gasteiger partial charge in [0.05, 0.1) is 18.8 Å². The molecule has 0 aliphatic rings. The minimum atomic E-state index is -0.188. The quantitative estimate of drug-likeness (QED) is 0.701. The first-order chi connectivity index (χ1) is 9.94. The zero-order valence-corrected chi connectivity index (χ0v) is 13.6. The van der Waals surface area contributed by atoms with Crippen molar-refractivity contribution in [2.45, 2.75) is 46.6 Å². The highest BCUT2D eigenvalue weighted by Crippen LogP contribution is 2.13. The second-order valence-corrected chi connectivity index (χ2v) is 5.41. The first-order valence-electron chi connectivity index (χ1n) is 7.34. The number of hydrogen-bond donors (Lipinski definition) is 1. The monoisotopic (exact) mass is 298 g/mol. The van der Waals surface area contributed by atoms with E-state index >= 15 is 0 Å². The summed E-state index contributed by atoms with van der Waals surface area (Å²) < 4.78 is 16.5. The second-order valence-electron chi connectivity index (χ2n) is 5.41. The van der Waals surface area contributed by atoms with Gasteiger partial charge in [-0.05, 0) is 34.1 Å². The van der Waals surface area contributed by atoms with Crippen LogP contribution in [0.1, 0.15) is 41.0 Å². The number of anilines is 1. The second kappa shape index (κ2) is 8.61. The Morgan fingerprint density at radius 1 is 0.905 bits per heavy atom. The Morgan fingerprint density at radius 2 is 1.52 bits per heavy atom. The van der Waals surface area contributed by atoms with Crippen LogP contribution in [-0.2, 0) is 4.74 Å². The molecule has 0 saturated heterocycles. The normalized spacial score (nSPS) is 11.3. The largest absolute Gasteiger partial charge is 0.463 e. The third-order valence-corrected chi connectivity index (χ3v) is 2.21. The Balaban J connectivity index is 2.60. The average Bonchev–Trinajstić information content (AvgIpc) is 2.41. The van der Waals surface area contributed by atoms with E-state index in [4.69, 9.17) is 14.2 Å². The summed E-state index contributed by atoms with van der Waals surface area (Å²) in [5.74, 6) is 0.449. The molecule has 0 amide bonds. The SMILES string of the molecule is CCCOc1nc(NCC)nc(OCCOC(C)(C)C)n1. The fourth-order valence-corrected chi connectivity index (χ4v) is 1.38. The zero-order chi connectivity index (χ0) is 15.7. The van der Waals surface area contributed by atoms with Crippen molar-refractivity contribution >= 4 is 5.95 Å². The maximum Gasteiger partial charge on any atom is 0.324 e.